The molecule has 3 aromatic rings. The van der Waals surface area contributed by atoms with Crippen molar-refractivity contribution in [3.05, 3.63) is 59.5 Å². The van der Waals surface area contributed by atoms with Gasteiger partial charge in [0.25, 0.3) is 0 Å². The highest BCUT2D eigenvalue weighted by atomic mass is 35.5. The summed E-state index contributed by atoms with van der Waals surface area (Å²) in [4.78, 5) is 20.1. The van der Waals surface area contributed by atoms with Gasteiger partial charge in [-0.05, 0) is 42.3 Å². The van der Waals surface area contributed by atoms with Gasteiger partial charge in [0, 0.05) is 46.0 Å². The highest BCUT2D eigenvalue weighted by molar-refractivity contribution is 8.00. The first-order valence-corrected chi connectivity index (χ1v) is 8.64. The van der Waals surface area contributed by atoms with Gasteiger partial charge in [0.2, 0.25) is 5.91 Å². The van der Waals surface area contributed by atoms with Crippen molar-refractivity contribution in [3.63, 3.8) is 0 Å². The van der Waals surface area contributed by atoms with Crippen molar-refractivity contribution in [3.8, 4) is 0 Å². The zero-order valence-electron chi connectivity index (χ0n) is 12.4. The average molecular weight is 346 g/mol. The van der Waals surface area contributed by atoms with Crippen molar-refractivity contribution in [2.75, 3.05) is 12.3 Å². The Kier molecular flexibility index (Phi) is 5.20. The molecule has 0 atom stereocenters. The minimum atomic E-state index is 0.0321. The smallest absolute Gasteiger partial charge is 0.230 e. The Bertz CT molecular complexity index is 804. The molecule has 4 nitrogen and oxygen atoms in total. The van der Waals surface area contributed by atoms with E-state index in [9.17, 15) is 4.79 Å². The van der Waals surface area contributed by atoms with Crippen LogP contribution in [0.3, 0.4) is 0 Å². The molecule has 2 aromatic heterocycles. The maximum Gasteiger partial charge on any atom is 0.230 e. The molecule has 0 aliphatic rings. The summed E-state index contributed by atoms with van der Waals surface area (Å²) in [5, 5.41) is 4.78. The minimum absolute atomic E-state index is 0.0321. The van der Waals surface area contributed by atoms with Crippen LogP contribution in [-0.4, -0.2) is 28.2 Å². The van der Waals surface area contributed by atoms with E-state index in [-0.39, 0.29) is 5.91 Å². The molecule has 0 aliphatic heterocycles. The fraction of sp³-hybridized carbons (Fsp3) is 0.176. The number of thioether (sulfide) groups is 1. The Morgan fingerprint density at radius 3 is 2.91 bits per heavy atom. The number of halogens is 1. The molecule has 1 amide bonds. The predicted molar refractivity (Wildman–Crippen MR) is 95.0 cm³/mol. The number of H-pyrrole nitrogens is 1. The standard InChI is InChI=1S/C17H16ClN3OS/c18-13-1-2-16-15(9-13)12(10-21-16)3-8-20-17(22)11-23-14-4-6-19-7-5-14/h1-2,4-7,9-10,21H,3,8,11H2,(H,20,22). The van der Waals surface area contributed by atoms with Crippen molar-refractivity contribution in [1.82, 2.24) is 15.3 Å². The van der Waals surface area contributed by atoms with Gasteiger partial charge in [-0.15, -0.1) is 11.8 Å². The monoisotopic (exact) mass is 345 g/mol. The Hall–Kier alpha value is -1.98. The third-order valence-corrected chi connectivity index (χ3v) is 4.71. The first-order chi connectivity index (χ1) is 11.2. The molecule has 2 heterocycles. The normalized spacial score (nSPS) is 10.8. The Balaban J connectivity index is 1.48. The summed E-state index contributed by atoms with van der Waals surface area (Å²) >= 11 is 7.55. The Labute approximate surface area is 143 Å². The molecule has 0 radical (unpaired) electrons. The van der Waals surface area contributed by atoms with Gasteiger partial charge < -0.3 is 10.3 Å². The number of pyridine rings is 1. The molecule has 0 unspecified atom stereocenters. The van der Waals surface area contributed by atoms with E-state index in [2.05, 4.69) is 15.3 Å². The quantitative estimate of drug-likeness (QED) is 0.670. The van der Waals surface area contributed by atoms with E-state index in [1.54, 1.807) is 12.4 Å². The lowest BCUT2D eigenvalue weighted by molar-refractivity contribution is -0.118. The fourth-order valence-electron chi connectivity index (χ4n) is 2.33. The van der Waals surface area contributed by atoms with Gasteiger partial charge >= 0.3 is 0 Å². The molecule has 23 heavy (non-hydrogen) atoms. The largest absolute Gasteiger partial charge is 0.361 e. The fourth-order valence-corrected chi connectivity index (χ4v) is 3.21. The number of nitrogens with one attached hydrogen (secondary N) is 2. The number of hydrogen-bond acceptors (Lipinski definition) is 3. The van der Waals surface area contributed by atoms with E-state index >= 15 is 0 Å². The summed E-state index contributed by atoms with van der Waals surface area (Å²) in [5.41, 5.74) is 2.22. The lowest BCUT2D eigenvalue weighted by Crippen LogP contribution is -2.27. The number of aromatic amines is 1. The molecule has 118 valence electrons. The zero-order valence-corrected chi connectivity index (χ0v) is 14.0. The number of rotatable bonds is 6. The van der Waals surface area contributed by atoms with E-state index in [1.165, 1.54) is 11.8 Å². The average Bonchev–Trinajstić information content (AvgIpc) is 2.96. The lowest BCUT2D eigenvalue weighted by atomic mass is 10.1. The third kappa shape index (κ3) is 4.27. The zero-order chi connectivity index (χ0) is 16.1. The van der Waals surface area contributed by atoms with Crippen LogP contribution in [0.1, 0.15) is 5.56 Å². The van der Waals surface area contributed by atoms with Gasteiger partial charge in [-0.25, -0.2) is 0 Å². The maximum absolute atomic E-state index is 11.9. The van der Waals surface area contributed by atoms with Crippen LogP contribution in [0.5, 0.6) is 0 Å². The molecule has 0 spiro atoms. The second-order valence-corrected chi connectivity index (χ2v) is 6.56. The number of carbonyl (C=O) groups excluding carboxylic acids is 1. The van der Waals surface area contributed by atoms with Crippen LogP contribution in [0.25, 0.3) is 10.9 Å². The molecular weight excluding hydrogens is 330 g/mol. The molecule has 6 heteroatoms. The summed E-state index contributed by atoms with van der Waals surface area (Å²) in [6, 6.07) is 9.57. The SMILES string of the molecule is O=C(CSc1ccncc1)NCCc1c[nH]c2ccc(Cl)cc12. The summed E-state index contributed by atoms with van der Waals surface area (Å²) in [5.74, 6) is 0.439. The molecular formula is C17H16ClN3OS. The highest BCUT2D eigenvalue weighted by Gasteiger charge is 2.06. The number of aromatic nitrogens is 2. The summed E-state index contributed by atoms with van der Waals surface area (Å²) in [7, 11) is 0. The maximum atomic E-state index is 11.9. The Morgan fingerprint density at radius 1 is 1.26 bits per heavy atom. The minimum Gasteiger partial charge on any atom is -0.361 e. The highest BCUT2D eigenvalue weighted by Crippen LogP contribution is 2.22. The first-order valence-electron chi connectivity index (χ1n) is 7.27. The van der Waals surface area contributed by atoms with E-state index in [0.29, 0.717) is 12.3 Å². The number of carbonyl (C=O) groups is 1. The van der Waals surface area contributed by atoms with E-state index in [0.717, 1.165) is 32.8 Å². The van der Waals surface area contributed by atoms with E-state index in [4.69, 9.17) is 11.6 Å². The molecule has 1 aromatic carbocycles. The van der Waals surface area contributed by atoms with Crippen molar-refractivity contribution in [2.45, 2.75) is 11.3 Å². The van der Waals surface area contributed by atoms with Crippen LogP contribution in [0.4, 0.5) is 0 Å². The van der Waals surface area contributed by atoms with Gasteiger partial charge in [-0.2, -0.15) is 0 Å². The molecule has 3 rings (SSSR count). The third-order valence-electron chi connectivity index (χ3n) is 3.47. The van der Waals surface area contributed by atoms with Gasteiger partial charge in [-0.3, -0.25) is 9.78 Å². The number of nitrogens with zero attached hydrogens (tertiary/aromatic N) is 1. The molecule has 0 saturated heterocycles. The Morgan fingerprint density at radius 2 is 2.09 bits per heavy atom. The second-order valence-electron chi connectivity index (χ2n) is 5.08. The van der Waals surface area contributed by atoms with Crippen LogP contribution in [-0.2, 0) is 11.2 Å². The molecule has 0 fully saturated rings. The number of fused-ring (bicyclic) bond motifs is 1. The first kappa shape index (κ1) is 15.9. The van der Waals surface area contributed by atoms with Crippen molar-refractivity contribution in [2.24, 2.45) is 0 Å². The number of amides is 1. The van der Waals surface area contributed by atoms with Crippen molar-refractivity contribution in [1.29, 1.82) is 0 Å². The van der Waals surface area contributed by atoms with Gasteiger partial charge in [0.1, 0.15) is 0 Å². The predicted octanol–water partition coefficient (Wildman–Crippen LogP) is 3.67. The number of hydrogen-bond donors (Lipinski definition) is 2. The summed E-state index contributed by atoms with van der Waals surface area (Å²) in [6.45, 7) is 0.606. The summed E-state index contributed by atoms with van der Waals surface area (Å²) in [6.07, 6.45) is 6.19. The molecule has 0 aliphatic carbocycles. The van der Waals surface area contributed by atoms with Crippen molar-refractivity contribution < 1.29 is 4.79 Å². The van der Waals surface area contributed by atoms with Crippen LogP contribution in [0, 0.1) is 0 Å². The topological polar surface area (TPSA) is 57.8 Å². The van der Waals surface area contributed by atoms with Crippen molar-refractivity contribution >= 4 is 40.2 Å². The van der Waals surface area contributed by atoms with E-state index < -0.39 is 0 Å². The summed E-state index contributed by atoms with van der Waals surface area (Å²) < 4.78 is 0. The van der Waals surface area contributed by atoms with Gasteiger partial charge in [-0.1, -0.05) is 11.6 Å². The second kappa shape index (κ2) is 7.53. The van der Waals surface area contributed by atoms with Crippen LogP contribution in [0.15, 0.2) is 53.8 Å². The van der Waals surface area contributed by atoms with E-state index in [1.807, 2.05) is 36.5 Å². The number of benzene rings is 1. The van der Waals surface area contributed by atoms with Crippen LogP contribution in [0.2, 0.25) is 5.02 Å². The van der Waals surface area contributed by atoms with Gasteiger partial charge in [0.15, 0.2) is 0 Å². The molecule has 0 bridgehead atoms. The molecule has 0 saturated carbocycles. The lowest BCUT2D eigenvalue weighted by Gasteiger charge is -2.05. The van der Waals surface area contributed by atoms with Crippen LogP contribution >= 0.6 is 23.4 Å². The van der Waals surface area contributed by atoms with Gasteiger partial charge in [0.05, 0.1) is 5.75 Å². The molecule has 2 N–H and O–H groups in total. The van der Waals surface area contributed by atoms with Crippen LogP contribution < -0.4 is 5.32 Å².